The molecule has 1 aromatic carbocycles. The van der Waals surface area contributed by atoms with Gasteiger partial charge in [0.05, 0.1) is 0 Å². The lowest BCUT2D eigenvalue weighted by Crippen LogP contribution is -2.27. The lowest BCUT2D eigenvalue weighted by atomic mass is 10.1. The van der Waals surface area contributed by atoms with Crippen LogP contribution in [0.3, 0.4) is 0 Å². The Morgan fingerprint density at radius 1 is 1.33 bits per heavy atom. The number of nitrogens with zero attached hydrogens (tertiary/aromatic N) is 1. The third kappa shape index (κ3) is 3.65. The highest BCUT2D eigenvalue weighted by Gasteiger charge is 2.10. The predicted molar refractivity (Wildman–Crippen MR) is 72.8 cm³/mol. The molecule has 0 saturated heterocycles. The molecule has 1 N–H and O–H groups in total. The van der Waals surface area contributed by atoms with Crippen LogP contribution in [0.15, 0.2) is 30.4 Å². The summed E-state index contributed by atoms with van der Waals surface area (Å²) in [6.07, 6.45) is 5.41. The summed E-state index contributed by atoms with van der Waals surface area (Å²) < 4.78 is 13.8. The van der Waals surface area contributed by atoms with E-state index in [1.54, 1.807) is 6.07 Å². The Morgan fingerprint density at radius 3 is 2.94 bits per heavy atom. The molecule has 0 unspecified atom stereocenters. The molecular formula is C15H21FN2. The summed E-state index contributed by atoms with van der Waals surface area (Å²) in [7, 11) is 0. The van der Waals surface area contributed by atoms with Crippen LogP contribution < -0.4 is 5.32 Å². The molecule has 1 aliphatic heterocycles. The SMILES string of the molecule is CCNCc1ccc(F)c(CN2CC=CCC2)c1. The Morgan fingerprint density at radius 2 is 2.22 bits per heavy atom. The fourth-order valence-electron chi connectivity index (χ4n) is 2.20. The van der Waals surface area contributed by atoms with E-state index in [0.717, 1.165) is 43.7 Å². The van der Waals surface area contributed by atoms with Gasteiger partial charge in [-0.25, -0.2) is 4.39 Å². The molecule has 98 valence electrons. The first-order valence-electron chi connectivity index (χ1n) is 6.65. The van der Waals surface area contributed by atoms with Crippen molar-refractivity contribution in [3.8, 4) is 0 Å². The van der Waals surface area contributed by atoms with Crippen LogP contribution in [0.25, 0.3) is 0 Å². The van der Waals surface area contributed by atoms with Gasteiger partial charge >= 0.3 is 0 Å². The van der Waals surface area contributed by atoms with Crippen molar-refractivity contribution in [2.75, 3.05) is 19.6 Å². The van der Waals surface area contributed by atoms with Gasteiger partial charge in [-0.3, -0.25) is 4.90 Å². The minimum absolute atomic E-state index is 0.0928. The molecule has 1 heterocycles. The summed E-state index contributed by atoms with van der Waals surface area (Å²) in [6.45, 7) is 6.47. The van der Waals surface area contributed by atoms with E-state index in [-0.39, 0.29) is 5.82 Å². The molecular weight excluding hydrogens is 227 g/mol. The summed E-state index contributed by atoms with van der Waals surface area (Å²) in [5, 5.41) is 3.27. The number of rotatable bonds is 5. The van der Waals surface area contributed by atoms with E-state index in [4.69, 9.17) is 0 Å². The average molecular weight is 248 g/mol. The van der Waals surface area contributed by atoms with Crippen LogP contribution in [-0.2, 0) is 13.1 Å². The molecule has 3 heteroatoms. The smallest absolute Gasteiger partial charge is 0.127 e. The highest BCUT2D eigenvalue weighted by atomic mass is 19.1. The van der Waals surface area contributed by atoms with Crippen LogP contribution in [0, 0.1) is 5.82 Å². The fourth-order valence-corrected chi connectivity index (χ4v) is 2.20. The van der Waals surface area contributed by atoms with Crippen LogP contribution in [0.1, 0.15) is 24.5 Å². The Labute approximate surface area is 108 Å². The molecule has 0 spiro atoms. The lowest BCUT2D eigenvalue weighted by Gasteiger charge is -2.23. The molecule has 0 amide bonds. The van der Waals surface area contributed by atoms with Gasteiger partial charge < -0.3 is 5.32 Å². The van der Waals surface area contributed by atoms with Gasteiger partial charge in [0, 0.05) is 31.7 Å². The Balaban J connectivity index is 2.03. The minimum atomic E-state index is -0.0928. The van der Waals surface area contributed by atoms with Crippen LogP contribution in [0.4, 0.5) is 4.39 Å². The summed E-state index contributed by atoms with van der Waals surface area (Å²) in [6, 6.07) is 5.43. The molecule has 1 aliphatic rings. The number of nitrogens with one attached hydrogen (secondary N) is 1. The van der Waals surface area contributed by atoms with Gasteiger partial charge in [-0.1, -0.05) is 31.2 Å². The quantitative estimate of drug-likeness (QED) is 0.806. The lowest BCUT2D eigenvalue weighted by molar-refractivity contribution is 0.286. The van der Waals surface area contributed by atoms with Crippen molar-refractivity contribution >= 4 is 0 Å². The summed E-state index contributed by atoms with van der Waals surface area (Å²) in [5.41, 5.74) is 1.96. The predicted octanol–water partition coefficient (Wildman–Crippen LogP) is 2.70. The molecule has 0 bridgehead atoms. The van der Waals surface area contributed by atoms with Crippen molar-refractivity contribution in [1.82, 2.24) is 10.2 Å². The molecule has 0 aromatic heterocycles. The van der Waals surface area contributed by atoms with E-state index in [1.807, 2.05) is 12.1 Å². The van der Waals surface area contributed by atoms with E-state index in [1.165, 1.54) is 0 Å². The van der Waals surface area contributed by atoms with Crippen LogP contribution in [0.5, 0.6) is 0 Å². The van der Waals surface area contributed by atoms with Crippen molar-refractivity contribution < 1.29 is 4.39 Å². The Bertz CT molecular complexity index is 415. The summed E-state index contributed by atoms with van der Waals surface area (Å²) in [5.74, 6) is -0.0928. The van der Waals surface area contributed by atoms with Crippen molar-refractivity contribution in [2.24, 2.45) is 0 Å². The second-order valence-electron chi connectivity index (χ2n) is 4.70. The van der Waals surface area contributed by atoms with Crippen LogP contribution in [-0.4, -0.2) is 24.5 Å². The van der Waals surface area contributed by atoms with Gasteiger partial charge in [0.15, 0.2) is 0 Å². The zero-order valence-electron chi connectivity index (χ0n) is 11.0. The normalized spacial score (nSPS) is 16.1. The summed E-state index contributed by atoms with van der Waals surface area (Å²) in [4.78, 5) is 2.27. The maximum Gasteiger partial charge on any atom is 0.127 e. The third-order valence-electron chi connectivity index (χ3n) is 3.23. The minimum Gasteiger partial charge on any atom is -0.313 e. The second kappa shape index (κ2) is 6.66. The van der Waals surface area contributed by atoms with E-state index in [9.17, 15) is 4.39 Å². The first-order chi connectivity index (χ1) is 8.79. The number of hydrogen-bond donors (Lipinski definition) is 1. The highest BCUT2D eigenvalue weighted by molar-refractivity contribution is 5.25. The van der Waals surface area contributed by atoms with Gasteiger partial charge in [-0.2, -0.15) is 0 Å². The maximum absolute atomic E-state index is 13.8. The van der Waals surface area contributed by atoms with Crippen LogP contribution >= 0.6 is 0 Å². The number of benzene rings is 1. The molecule has 0 radical (unpaired) electrons. The molecule has 0 atom stereocenters. The second-order valence-corrected chi connectivity index (χ2v) is 4.70. The topological polar surface area (TPSA) is 15.3 Å². The van der Waals surface area contributed by atoms with Gasteiger partial charge in [0.25, 0.3) is 0 Å². The van der Waals surface area contributed by atoms with E-state index < -0.39 is 0 Å². The molecule has 0 saturated carbocycles. The Kier molecular flexibility index (Phi) is 4.90. The van der Waals surface area contributed by atoms with E-state index in [2.05, 4.69) is 29.3 Å². The van der Waals surface area contributed by atoms with Gasteiger partial charge in [0.1, 0.15) is 5.82 Å². The standard InChI is InChI=1S/C15H21FN2/c1-2-17-11-13-6-7-15(16)14(10-13)12-18-8-4-3-5-9-18/h3-4,6-7,10,17H,2,5,8-9,11-12H2,1H3. The molecule has 1 aromatic rings. The highest BCUT2D eigenvalue weighted by Crippen LogP contribution is 2.15. The van der Waals surface area contributed by atoms with Crippen molar-refractivity contribution in [1.29, 1.82) is 0 Å². The van der Waals surface area contributed by atoms with Crippen molar-refractivity contribution in [3.05, 3.63) is 47.3 Å². The zero-order valence-corrected chi connectivity index (χ0v) is 11.0. The first kappa shape index (κ1) is 13.2. The molecule has 2 rings (SSSR count). The third-order valence-corrected chi connectivity index (χ3v) is 3.23. The molecule has 0 fully saturated rings. The number of halogens is 1. The van der Waals surface area contributed by atoms with Gasteiger partial charge in [0.2, 0.25) is 0 Å². The van der Waals surface area contributed by atoms with E-state index >= 15 is 0 Å². The molecule has 18 heavy (non-hydrogen) atoms. The largest absolute Gasteiger partial charge is 0.313 e. The Hall–Kier alpha value is -1.19. The fraction of sp³-hybridized carbons (Fsp3) is 0.467. The molecule has 2 nitrogen and oxygen atoms in total. The number of hydrogen-bond acceptors (Lipinski definition) is 2. The van der Waals surface area contributed by atoms with Crippen LogP contribution in [0.2, 0.25) is 0 Å². The van der Waals surface area contributed by atoms with Gasteiger partial charge in [-0.15, -0.1) is 0 Å². The summed E-state index contributed by atoms with van der Waals surface area (Å²) >= 11 is 0. The average Bonchev–Trinajstić information content (AvgIpc) is 2.41. The van der Waals surface area contributed by atoms with Crippen molar-refractivity contribution in [3.63, 3.8) is 0 Å². The first-order valence-corrected chi connectivity index (χ1v) is 6.65. The zero-order chi connectivity index (χ0) is 12.8. The van der Waals surface area contributed by atoms with E-state index in [0.29, 0.717) is 6.54 Å². The monoisotopic (exact) mass is 248 g/mol. The van der Waals surface area contributed by atoms with Gasteiger partial charge in [-0.05, 0) is 24.6 Å². The maximum atomic E-state index is 13.8. The van der Waals surface area contributed by atoms with Crippen molar-refractivity contribution in [2.45, 2.75) is 26.4 Å². The molecule has 0 aliphatic carbocycles.